The van der Waals surface area contributed by atoms with Crippen LogP contribution in [0.25, 0.3) is 0 Å². The summed E-state index contributed by atoms with van der Waals surface area (Å²) in [7, 11) is 0. The second-order valence-corrected chi connectivity index (χ2v) is 9.11. The molecule has 2 heterocycles. The highest BCUT2D eigenvalue weighted by Gasteiger charge is 2.27. The molecule has 1 aliphatic rings. The van der Waals surface area contributed by atoms with Gasteiger partial charge in [0.05, 0.1) is 23.4 Å². The Kier molecular flexibility index (Phi) is 6.16. The first kappa shape index (κ1) is 20.2. The zero-order chi connectivity index (χ0) is 19.6. The number of benzene rings is 1. The molecule has 7 heteroatoms. The minimum Gasteiger partial charge on any atom is -0.492 e. The summed E-state index contributed by atoms with van der Waals surface area (Å²) in [6.07, 6.45) is 3.88. The highest BCUT2D eigenvalue weighted by atomic mass is 79.9. The minimum absolute atomic E-state index is 0.0363. The number of carbonyl (C=O) groups excluding carboxylic acids is 1. The molecule has 0 fully saturated rings. The quantitative estimate of drug-likeness (QED) is 0.610. The molecule has 0 atom stereocenters. The van der Waals surface area contributed by atoms with Crippen LogP contribution in [0, 0.1) is 0 Å². The topological polar surface area (TPSA) is 47.4 Å². The molecular weight excluding hydrogens is 430 g/mol. The zero-order valence-electron chi connectivity index (χ0n) is 16.0. The van der Waals surface area contributed by atoms with Gasteiger partial charge in [0.2, 0.25) is 5.91 Å². The molecule has 1 aromatic heterocycles. The number of carbonyl (C=O) groups is 1. The van der Waals surface area contributed by atoms with Crippen molar-refractivity contribution in [3.63, 3.8) is 0 Å². The van der Waals surface area contributed by atoms with E-state index in [4.69, 9.17) is 16.3 Å². The Labute approximate surface area is 173 Å². The molecule has 1 aliphatic heterocycles. The van der Waals surface area contributed by atoms with Gasteiger partial charge >= 0.3 is 0 Å². The third kappa shape index (κ3) is 4.85. The van der Waals surface area contributed by atoms with Crippen LogP contribution in [0.3, 0.4) is 0 Å². The molecule has 146 valence electrons. The van der Waals surface area contributed by atoms with E-state index >= 15 is 0 Å². The van der Waals surface area contributed by atoms with Crippen molar-refractivity contribution in [3.8, 4) is 5.75 Å². The first-order valence-electron chi connectivity index (χ1n) is 9.17. The maximum absolute atomic E-state index is 12.5. The lowest BCUT2D eigenvalue weighted by atomic mass is 10.0. The summed E-state index contributed by atoms with van der Waals surface area (Å²) in [4.78, 5) is 14.5. The molecule has 3 rings (SSSR count). The van der Waals surface area contributed by atoms with Crippen LogP contribution in [0.4, 0.5) is 0 Å². The first-order valence-corrected chi connectivity index (χ1v) is 10.3. The van der Waals surface area contributed by atoms with Crippen LogP contribution in [-0.2, 0) is 23.3 Å². The van der Waals surface area contributed by atoms with Crippen LogP contribution in [0.5, 0.6) is 5.75 Å². The lowest BCUT2D eigenvalue weighted by molar-refractivity contribution is -0.132. The Bertz CT molecular complexity index is 829. The van der Waals surface area contributed by atoms with Crippen LogP contribution < -0.4 is 4.74 Å². The van der Waals surface area contributed by atoms with Crippen molar-refractivity contribution in [1.82, 2.24) is 14.7 Å². The molecule has 1 amide bonds. The Morgan fingerprint density at radius 1 is 1.37 bits per heavy atom. The fraction of sp³-hybridized carbons (Fsp3) is 0.500. The molecule has 1 aromatic carbocycles. The van der Waals surface area contributed by atoms with E-state index in [0.717, 1.165) is 23.0 Å². The van der Waals surface area contributed by atoms with E-state index in [1.54, 1.807) is 6.07 Å². The number of ether oxygens (including phenoxy) is 1. The second-order valence-electron chi connectivity index (χ2n) is 7.79. The van der Waals surface area contributed by atoms with Gasteiger partial charge in [0.1, 0.15) is 5.75 Å². The van der Waals surface area contributed by atoms with Crippen LogP contribution in [0.1, 0.15) is 44.9 Å². The van der Waals surface area contributed by atoms with Crippen LogP contribution >= 0.6 is 27.5 Å². The molecule has 0 unspecified atom stereocenters. The number of amides is 1. The van der Waals surface area contributed by atoms with E-state index in [1.807, 2.05) is 23.2 Å². The molecule has 0 radical (unpaired) electrons. The lowest BCUT2D eigenvalue weighted by Gasteiger charge is -2.30. The highest BCUT2D eigenvalue weighted by Crippen LogP contribution is 2.28. The monoisotopic (exact) mass is 453 g/mol. The van der Waals surface area contributed by atoms with Crippen molar-refractivity contribution in [2.45, 2.75) is 52.1 Å². The number of fused-ring (bicyclic) bond motifs is 1. The Hall–Kier alpha value is -1.53. The third-order valence-electron chi connectivity index (χ3n) is 4.61. The van der Waals surface area contributed by atoms with Crippen LogP contribution in [0.2, 0.25) is 5.02 Å². The summed E-state index contributed by atoms with van der Waals surface area (Å²) in [6, 6.07) is 5.51. The summed E-state index contributed by atoms with van der Waals surface area (Å²) in [5.74, 6) is 0.805. The molecule has 0 spiro atoms. The van der Waals surface area contributed by atoms with Gasteiger partial charge in [-0.25, -0.2) is 0 Å². The van der Waals surface area contributed by atoms with E-state index in [0.29, 0.717) is 36.8 Å². The van der Waals surface area contributed by atoms with Gasteiger partial charge in [-0.15, -0.1) is 0 Å². The van der Waals surface area contributed by atoms with Crippen molar-refractivity contribution < 1.29 is 9.53 Å². The molecule has 5 nitrogen and oxygen atoms in total. The van der Waals surface area contributed by atoms with E-state index < -0.39 is 0 Å². The molecule has 0 saturated carbocycles. The van der Waals surface area contributed by atoms with Crippen molar-refractivity contribution in [1.29, 1.82) is 0 Å². The molecular formula is C20H25BrClN3O2. The fourth-order valence-electron chi connectivity index (χ4n) is 3.28. The van der Waals surface area contributed by atoms with E-state index in [1.165, 1.54) is 5.69 Å². The SMILES string of the molecule is CC(C)(C)n1ncc2c1CCN(C(=O)CCCOc1ccc(Br)cc1Cl)C2. The Morgan fingerprint density at radius 3 is 2.85 bits per heavy atom. The number of nitrogens with zero attached hydrogens (tertiary/aromatic N) is 3. The largest absolute Gasteiger partial charge is 0.492 e. The fourth-order valence-corrected chi connectivity index (χ4v) is 4.01. The predicted molar refractivity (Wildman–Crippen MR) is 110 cm³/mol. The van der Waals surface area contributed by atoms with Crippen molar-refractivity contribution in [2.75, 3.05) is 13.2 Å². The summed E-state index contributed by atoms with van der Waals surface area (Å²) in [6.45, 7) is 8.30. The molecule has 0 N–H and O–H groups in total. The van der Waals surface area contributed by atoms with Gasteiger partial charge in [-0.1, -0.05) is 27.5 Å². The first-order chi connectivity index (χ1) is 12.8. The third-order valence-corrected chi connectivity index (χ3v) is 5.40. The van der Waals surface area contributed by atoms with Gasteiger partial charge in [-0.3, -0.25) is 9.48 Å². The van der Waals surface area contributed by atoms with E-state index in [-0.39, 0.29) is 11.4 Å². The summed E-state index contributed by atoms with van der Waals surface area (Å²) < 4.78 is 8.68. The normalized spacial score (nSPS) is 14.2. The van der Waals surface area contributed by atoms with Gasteiger partial charge in [0.15, 0.2) is 0 Å². The van der Waals surface area contributed by atoms with Crippen molar-refractivity contribution in [2.24, 2.45) is 0 Å². The average molecular weight is 455 g/mol. The predicted octanol–water partition coefficient (Wildman–Crippen LogP) is 4.80. The van der Waals surface area contributed by atoms with Gasteiger partial charge in [0.25, 0.3) is 0 Å². The summed E-state index contributed by atoms with van der Waals surface area (Å²) in [5, 5.41) is 5.09. The molecule has 0 bridgehead atoms. The summed E-state index contributed by atoms with van der Waals surface area (Å²) >= 11 is 9.51. The van der Waals surface area contributed by atoms with E-state index in [9.17, 15) is 4.79 Å². The summed E-state index contributed by atoms with van der Waals surface area (Å²) in [5.41, 5.74) is 2.37. The minimum atomic E-state index is -0.0363. The Balaban J connectivity index is 1.49. The molecule has 0 aliphatic carbocycles. The number of aromatic nitrogens is 2. The smallest absolute Gasteiger partial charge is 0.223 e. The Morgan fingerprint density at radius 2 is 2.15 bits per heavy atom. The standard InChI is InChI=1S/C20H25BrClN3O2/c1-20(2,3)25-17-8-9-24(13-14(17)12-23-25)19(26)5-4-10-27-18-7-6-15(21)11-16(18)22/h6-7,11-12H,4-5,8-10,13H2,1-3H3. The van der Waals surface area contributed by atoms with Gasteiger partial charge < -0.3 is 9.64 Å². The number of rotatable bonds is 5. The average Bonchev–Trinajstić information content (AvgIpc) is 3.03. The number of hydrogen-bond donors (Lipinski definition) is 0. The number of hydrogen-bond acceptors (Lipinski definition) is 3. The van der Waals surface area contributed by atoms with Crippen molar-refractivity contribution in [3.05, 3.63) is 45.1 Å². The second kappa shape index (κ2) is 8.23. The molecule has 0 saturated heterocycles. The number of halogens is 2. The van der Waals surface area contributed by atoms with Crippen LogP contribution in [0.15, 0.2) is 28.9 Å². The molecule has 27 heavy (non-hydrogen) atoms. The zero-order valence-corrected chi connectivity index (χ0v) is 18.3. The van der Waals surface area contributed by atoms with Crippen molar-refractivity contribution >= 4 is 33.4 Å². The lowest BCUT2D eigenvalue weighted by Crippen LogP contribution is -2.37. The van der Waals surface area contributed by atoms with Gasteiger partial charge in [-0.2, -0.15) is 5.10 Å². The van der Waals surface area contributed by atoms with Gasteiger partial charge in [-0.05, 0) is 45.4 Å². The maximum atomic E-state index is 12.5. The van der Waals surface area contributed by atoms with Gasteiger partial charge in [0, 0.05) is 41.7 Å². The molecule has 2 aromatic rings. The van der Waals surface area contributed by atoms with E-state index in [2.05, 4.69) is 46.5 Å². The maximum Gasteiger partial charge on any atom is 0.223 e. The van der Waals surface area contributed by atoms with Crippen LogP contribution in [-0.4, -0.2) is 33.7 Å². The highest BCUT2D eigenvalue weighted by molar-refractivity contribution is 9.10.